The number of aliphatic imine (C=N–C) groups is 2. The molecule has 12 atom stereocenters. The summed E-state index contributed by atoms with van der Waals surface area (Å²) in [5.41, 5.74) is 33.0. The summed E-state index contributed by atoms with van der Waals surface area (Å²) in [6, 6.07) is -17.2. The maximum absolute atomic E-state index is 14.0. The van der Waals surface area contributed by atoms with Crippen LogP contribution in [0.1, 0.15) is 99.3 Å². The minimum absolute atomic E-state index is 0.0260. The lowest BCUT2D eigenvalue weighted by molar-refractivity contribution is -0.143. The van der Waals surface area contributed by atoms with Gasteiger partial charge in [-0.3, -0.25) is 57.9 Å². The van der Waals surface area contributed by atoms with E-state index in [0.29, 0.717) is 19.3 Å². The summed E-state index contributed by atoms with van der Waals surface area (Å²) in [5.74, 6) is -12.8. The number of nitrogens with zero attached hydrogens (tertiary/aromatic N) is 2. The second-order valence-electron chi connectivity index (χ2n) is 20.6. The van der Waals surface area contributed by atoms with E-state index in [1.807, 2.05) is 0 Å². The van der Waals surface area contributed by atoms with Crippen molar-refractivity contribution in [3.05, 3.63) is 0 Å². The van der Waals surface area contributed by atoms with E-state index >= 15 is 0 Å². The molecule has 0 bridgehead atoms. The third kappa shape index (κ3) is 30.1. The third-order valence-electron chi connectivity index (χ3n) is 12.2. The first-order valence-electron chi connectivity index (χ1n) is 27.3. The number of nitrogens with two attached hydrogens (primary N) is 6. The van der Waals surface area contributed by atoms with Crippen LogP contribution in [0, 0.1) is 11.8 Å². The summed E-state index contributed by atoms with van der Waals surface area (Å²) in [6.45, 7) is 5.31. The van der Waals surface area contributed by atoms with Gasteiger partial charge in [-0.05, 0) is 90.0 Å². The number of hydrogen-bond donors (Lipinski definition) is 22. The fourth-order valence-corrected chi connectivity index (χ4v) is 7.59. The van der Waals surface area contributed by atoms with Crippen LogP contribution in [0.5, 0.6) is 0 Å². The molecule has 0 aliphatic rings. The molecular formula is C49H92N18O17. The lowest BCUT2D eigenvalue weighted by atomic mass is 10.0. The van der Waals surface area contributed by atoms with Crippen molar-refractivity contribution in [1.29, 1.82) is 0 Å². The molecule has 84 heavy (non-hydrogen) atoms. The maximum Gasteiger partial charge on any atom is 0.326 e. The predicted molar refractivity (Wildman–Crippen MR) is 302 cm³/mol. The first-order chi connectivity index (χ1) is 39.4. The molecule has 0 fully saturated rings. The van der Waals surface area contributed by atoms with Gasteiger partial charge in [0.25, 0.3) is 0 Å². The quantitative estimate of drug-likeness (QED) is 0.0153. The molecule has 0 aromatic carbocycles. The molecule has 35 nitrogen and oxygen atoms in total. The van der Waals surface area contributed by atoms with E-state index in [1.54, 1.807) is 27.7 Å². The van der Waals surface area contributed by atoms with E-state index < -0.39 is 164 Å². The highest BCUT2D eigenvalue weighted by Gasteiger charge is 2.36. The molecule has 0 saturated carbocycles. The van der Waals surface area contributed by atoms with Crippen molar-refractivity contribution in [2.24, 2.45) is 56.2 Å². The van der Waals surface area contributed by atoms with Crippen molar-refractivity contribution in [2.75, 3.05) is 46.1 Å². The Balaban J connectivity index is 6.26. The van der Waals surface area contributed by atoms with E-state index in [-0.39, 0.29) is 81.9 Å². The van der Waals surface area contributed by atoms with Gasteiger partial charge in [-0.25, -0.2) is 4.79 Å². The van der Waals surface area contributed by atoms with Crippen molar-refractivity contribution < 1.29 is 83.4 Å². The Morgan fingerprint density at radius 3 is 1.13 bits per heavy atom. The highest BCUT2D eigenvalue weighted by Crippen LogP contribution is 2.11. The van der Waals surface area contributed by atoms with Crippen LogP contribution in [-0.4, -0.2) is 226 Å². The molecule has 0 heterocycles. The molecule has 0 unspecified atom stereocenters. The van der Waals surface area contributed by atoms with E-state index in [2.05, 4.69) is 63.2 Å². The molecule has 0 spiro atoms. The average Bonchev–Trinajstić information content (AvgIpc) is 3.58. The Labute approximate surface area is 486 Å². The molecule has 28 N–H and O–H groups in total. The molecule has 0 radical (unpaired) electrons. The number of carboxylic acid groups (broad SMARTS) is 1. The fourth-order valence-electron chi connectivity index (χ4n) is 7.59. The van der Waals surface area contributed by atoms with Crippen molar-refractivity contribution in [1.82, 2.24) is 53.2 Å². The Bertz CT molecular complexity index is 2220. The van der Waals surface area contributed by atoms with Crippen LogP contribution in [0.4, 0.5) is 0 Å². The van der Waals surface area contributed by atoms with Gasteiger partial charge < -0.3 is 118 Å². The van der Waals surface area contributed by atoms with Gasteiger partial charge in [-0.15, -0.1) is 0 Å². The lowest BCUT2D eigenvalue weighted by Crippen LogP contribution is -2.62. The summed E-state index contributed by atoms with van der Waals surface area (Å²) in [5, 5.41) is 83.2. The summed E-state index contributed by atoms with van der Waals surface area (Å²) < 4.78 is 0. The molecule has 0 aliphatic carbocycles. The van der Waals surface area contributed by atoms with Gasteiger partial charge in [0.2, 0.25) is 59.1 Å². The number of carbonyl (C=O) groups excluding carboxylic acids is 10. The molecule has 10 amide bonds. The topological polar surface area (TPSA) is 610 Å². The summed E-state index contributed by atoms with van der Waals surface area (Å²) >= 11 is 0. The number of guanidine groups is 2. The Hall–Kier alpha value is -7.57. The van der Waals surface area contributed by atoms with Crippen molar-refractivity contribution in [2.45, 2.75) is 172 Å². The van der Waals surface area contributed by atoms with E-state index in [4.69, 9.17) is 34.4 Å². The number of hydrogen-bond acceptors (Lipinski definition) is 20. The third-order valence-corrected chi connectivity index (χ3v) is 12.2. The zero-order valence-corrected chi connectivity index (χ0v) is 48.4. The van der Waals surface area contributed by atoms with Gasteiger partial charge in [0, 0.05) is 13.1 Å². The fraction of sp³-hybridized carbons (Fsp3) is 0.735. The van der Waals surface area contributed by atoms with Gasteiger partial charge in [-0.2, -0.15) is 0 Å². The van der Waals surface area contributed by atoms with Crippen molar-refractivity contribution >= 4 is 77.0 Å². The predicted octanol–water partition coefficient (Wildman–Crippen LogP) is -10.1. The Kier molecular flexibility index (Phi) is 37.0. The smallest absolute Gasteiger partial charge is 0.326 e. The average molecular weight is 1210 g/mol. The monoisotopic (exact) mass is 1200 g/mol. The highest BCUT2D eigenvalue weighted by molar-refractivity contribution is 5.99. The number of carboxylic acids is 1. The van der Waals surface area contributed by atoms with Crippen LogP contribution >= 0.6 is 0 Å². The van der Waals surface area contributed by atoms with Gasteiger partial charge in [0.05, 0.1) is 38.6 Å². The number of rotatable bonds is 42. The van der Waals surface area contributed by atoms with Crippen LogP contribution < -0.4 is 87.6 Å². The molecule has 0 aromatic heterocycles. The first-order valence-corrected chi connectivity index (χ1v) is 27.3. The molecule has 0 saturated heterocycles. The highest BCUT2D eigenvalue weighted by atomic mass is 16.4. The molecule has 0 aromatic rings. The Morgan fingerprint density at radius 2 is 0.738 bits per heavy atom. The zero-order valence-electron chi connectivity index (χ0n) is 48.4. The normalized spacial score (nSPS) is 15.4. The van der Waals surface area contributed by atoms with Gasteiger partial charge >= 0.3 is 5.97 Å². The lowest BCUT2D eigenvalue weighted by Gasteiger charge is -2.28. The second kappa shape index (κ2) is 40.6. The van der Waals surface area contributed by atoms with Crippen LogP contribution in [0.15, 0.2) is 9.98 Å². The minimum Gasteiger partial charge on any atom is -0.480 e. The number of unbranched alkanes of at least 4 members (excludes halogenated alkanes) is 1. The molecular weight excluding hydrogens is 1110 g/mol. The second-order valence-corrected chi connectivity index (χ2v) is 20.6. The van der Waals surface area contributed by atoms with E-state index in [1.165, 1.54) is 0 Å². The van der Waals surface area contributed by atoms with Crippen molar-refractivity contribution in [3.8, 4) is 0 Å². The van der Waals surface area contributed by atoms with E-state index in [0.717, 1.165) is 13.8 Å². The van der Waals surface area contributed by atoms with Gasteiger partial charge in [0.15, 0.2) is 11.9 Å². The molecule has 35 heteroatoms. The SMILES string of the molecule is CC(C)C[C@H](NC(=O)[C@H](CO)NC(=O)[C@H](CO)NC(=O)[C@H](CC(C)C)NC(=O)[C@@H](N)CCCN=C(N)N)C(=O)N[C@@H](CCCN=C(N)N)C(=O)N[C@@H](C)C(=O)N[C@@H](CO)C(=O)N[C@H](C(=O)N[C@@H](CO)C(=O)N[C@@H](CCCCN)C(=O)O)[C@@H](C)O. The zero-order chi connectivity index (χ0) is 64.4. The summed E-state index contributed by atoms with van der Waals surface area (Å²) in [6.07, 6.45) is -0.611. The standard InChI is InChI=1S/C49H92N18O17/c1-23(2)17-30(61-38(74)27(51)11-9-15-56-48(52)53)41(77)64-33(20-69)44(80)65-32(19-68)43(79)62-31(18-24(3)4)40(76)59-28(13-10-16-57-49(54)55)39(75)58-25(5)37(73)63-35(22-71)45(81)67-36(26(6)72)46(82)66-34(21-70)42(78)60-29(47(83)84)12-7-8-14-50/h23-36,68-72H,7-22,50-51H2,1-6H3,(H,58,75)(H,59,76)(H,60,78)(H,61,74)(H,62,79)(H,63,73)(H,64,77)(H,65,80)(H,66,82)(H,67,81)(H,83,84)(H4,52,53,56)(H4,54,55,57)/t25-,26+,27-,28-,29-,30-,31-,32-,33-,34-,35-,36-/m0/s1. The minimum atomic E-state index is -1.88. The van der Waals surface area contributed by atoms with Crippen LogP contribution in [0.25, 0.3) is 0 Å². The van der Waals surface area contributed by atoms with Gasteiger partial charge in [0.1, 0.15) is 60.4 Å². The van der Waals surface area contributed by atoms with Gasteiger partial charge in [-0.1, -0.05) is 27.7 Å². The number of aliphatic carboxylic acids is 1. The number of amides is 10. The number of aliphatic hydroxyl groups is 5. The molecule has 480 valence electrons. The Morgan fingerprint density at radius 1 is 0.405 bits per heavy atom. The van der Waals surface area contributed by atoms with E-state index in [9.17, 15) is 83.4 Å². The maximum atomic E-state index is 14.0. The number of carbonyl (C=O) groups is 11. The van der Waals surface area contributed by atoms with Crippen LogP contribution in [-0.2, 0) is 52.7 Å². The molecule has 0 aliphatic heterocycles. The van der Waals surface area contributed by atoms with Crippen molar-refractivity contribution in [3.63, 3.8) is 0 Å². The van der Waals surface area contributed by atoms with Crippen LogP contribution in [0.2, 0.25) is 0 Å². The number of aliphatic hydroxyl groups excluding tert-OH is 5. The summed E-state index contributed by atoms with van der Waals surface area (Å²) in [4.78, 5) is 153. The largest absolute Gasteiger partial charge is 0.480 e. The first kappa shape index (κ1) is 76.4. The summed E-state index contributed by atoms with van der Waals surface area (Å²) in [7, 11) is 0. The number of nitrogens with one attached hydrogen (secondary N) is 10. The van der Waals surface area contributed by atoms with Crippen LogP contribution in [0.3, 0.4) is 0 Å². The molecule has 0 rings (SSSR count).